The summed E-state index contributed by atoms with van der Waals surface area (Å²) in [6.07, 6.45) is 10.3. The van der Waals surface area contributed by atoms with Crippen molar-refractivity contribution in [2.45, 2.75) is 57.9 Å². The van der Waals surface area contributed by atoms with Gasteiger partial charge in [0.15, 0.2) is 5.65 Å². The Morgan fingerprint density at radius 3 is 2.77 bits per heavy atom. The van der Waals surface area contributed by atoms with E-state index in [1.165, 1.54) is 19.3 Å². The summed E-state index contributed by atoms with van der Waals surface area (Å²) in [6.45, 7) is 2.35. The van der Waals surface area contributed by atoms with Gasteiger partial charge in [0.05, 0.1) is 25.7 Å². The number of fused-ring (bicyclic) bond motifs is 1. The van der Waals surface area contributed by atoms with E-state index < -0.39 is 7.82 Å². The Kier molecular flexibility index (Phi) is 8.19. The molecule has 0 amide bonds. The highest BCUT2D eigenvalue weighted by Gasteiger charge is 2.43. The van der Waals surface area contributed by atoms with E-state index >= 15 is 0 Å². The molecule has 0 saturated heterocycles. The van der Waals surface area contributed by atoms with Crippen molar-refractivity contribution in [3.8, 4) is 0 Å². The molecule has 4 unspecified atom stereocenters. The number of imidazole rings is 1. The molecule has 4 atom stereocenters. The molecule has 168 valence electrons. The molecule has 0 radical (unpaired) electrons. The van der Waals surface area contributed by atoms with Crippen molar-refractivity contribution in [1.82, 2.24) is 19.5 Å². The molecule has 2 aromatic heterocycles. The lowest BCUT2D eigenvalue weighted by atomic mass is 9.70. The Balaban J connectivity index is 1.45. The summed E-state index contributed by atoms with van der Waals surface area (Å²) >= 11 is 0. The second-order valence-corrected chi connectivity index (χ2v) is 9.32. The molecule has 10 nitrogen and oxygen atoms in total. The van der Waals surface area contributed by atoms with Gasteiger partial charge >= 0.3 is 7.82 Å². The quantitative estimate of drug-likeness (QED) is 0.315. The molecular formula is C19H32N5O5P. The minimum Gasteiger partial charge on any atom is -0.396 e. The maximum atomic E-state index is 12.1. The molecule has 1 saturated carbocycles. The molecule has 4 N–H and O–H groups in total. The molecule has 2 heterocycles. The lowest BCUT2D eigenvalue weighted by molar-refractivity contribution is -0.00810. The van der Waals surface area contributed by atoms with Gasteiger partial charge in [0, 0.05) is 18.6 Å². The van der Waals surface area contributed by atoms with Gasteiger partial charge in [0.2, 0.25) is 5.95 Å². The van der Waals surface area contributed by atoms with Gasteiger partial charge in [-0.15, -0.1) is 0 Å². The van der Waals surface area contributed by atoms with Crippen LogP contribution in [-0.2, 0) is 13.6 Å². The van der Waals surface area contributed by atoms with Gasteiger partial charge in [-0.25, -0.2) is 14.5 Å². The average Bonchev–Trinajstić information content (AvgIpc) is 3.09. The van der Waals surface area contributed by atoms with E-state index in [4.69, 9.17) is 14.8 Å². The lowest BCUT2D eigenvalue weighted by Gasteiger charge is -2.44. The number of anilines is 1. The molecule has 0 spiro atoms. The highest BCUT2D eigenvalue weighted by Crippen LogP contribution is 2.49. The number of hydrogen-bond acceptors (Lipinski definition) is 8. The Morgan fingerprint density at radius 1 is 1.23 bits per heavy atom. The standard InChI is InChI=1S/C19H32N5O5P/c1-2-3-4-5-6-7-8-28-30(26,27)29-12-14-9-17(15(14)11-25)24-13-22-16-10-21-19(20)23-18(16)24/h10,13-15,17,25H,2-9,11-12H2,1H3,(H,26,27)(H2,20,21,23). The van der Waals surface area contributed by atoms with E-state index in [9.17, 15) is 14.6 Å². The van der Waals surface area contributed by atoms with Crippen LogP contribution in [0.3, 0.4) is 0 Å². The van der Waals surface area contributed by atoms with Gasteiger partial charge in [-0.05, 0) is 18.8 Å². The number of hydrogen-bond donors (Lipinski definition) is 3. The maximum Gasteiger partial charge on any atom is 0.472 e. The minimum atomic E-state index is -4.09. The van der Waals surface area contributed by atoms with Crippen LogP contribution in [0.15, 0.2) is 12.5 Å². The number of aliphatic hydroxyl groups is 1. The van der Waals surface area contributed by atoms with Crippen molar-refractivity contribution in [1.29, 1.82) is 0 Å². The summed E-state index contributed by atoms with van der Waals surface area (Å²) < 4.78 is 24.3. The Morgan fingerprint density at radius 2 is 2.00 bits per heavy atom. The van der Waals surface area contributed by atoms with Crippen molar-refractivity contribution in [2.75, 3.05) is 25.6 Å². The molecule has 0 aliphatic heterocycles. The monoisotopic (exact) mass is 441 g/mol. The summed E-state index contributed by atoms with van der Waals surface area (Å²) in [4.78, 5) is 22.3. The number of nitrogens with zero attached hydrogens (tertiary/aromatic N) is 4. The average molecular weight is 441 g/mol. The highest BCUT2D eigenvalue weighted by molar-refractivity contribution is 7.47. The predicted octanol–water partition coefficient (Wildman–Crippen LogP) is 3.07. The largest absolute Gasteiger partial charge is 0.472 e. The molecule has 30 heavy (non-hydrogen) atoms. The first-order valence-corrected chi connectivity index (χ1v) is 12.1. The Labute approximate surface area is 176 Å². The third-order valence-electron chi connectivity index (χ3n) is 5.75. The van der Waals surface area contributed by atoms with Crippen molar-refractivity contribution in [3.63, 3.8) is 0 Å². The zero-order chi connectivity index (χ0) is 21.6. The fraction of sp³-hybridized carbons (Fsp3) is 0.737. The van der Waals surface area contributed by atoms with Crippen LogP contribution < -0.4 is 5.73 Å². The third-order valence-corrected chi connectivity index (χ3v) is 6.73. The van der Waals surface area contributed by atoms with Crippen LogP contribution in [0.4, 0.5) is 5.95 Å². The molecule has 1 aliphatic carbocycles. The number of phosphoric acid groups is 1. The van der Waals surface area contributed by atoms with Gasteiger partial charge in [-0.1, -0.05) is 39.0 Å². The minimum absolute atomic E-state index is 0.0370. The van der Waals surface area contributed by atoms with Gasteiger partial charge in [-0.2, -0.15) is 4.98 Å². The smallest absolute Gasteiger partial charge is 0.396 e. The van der Waals surface area contributed by atoms with Crippen LogP contribution >= 0.6 is 7.82 Å². The fourth-order valence-electron chi connectivity index (χ4n) is 3.93. The SMILES string of the molecule is CCCCCCCCOP(=O)(O)OCC1CC(n2cnc3cnc(N)nc32)C1CO. The number of phosphoric ester groups is 1. The Hall–Kier alpha value is -1.58. The number of unbranched alkanes of at least 4 members (excludes halogenated alkanes) is 5. The molecule has 3 rings (SSSR count). The van der Waals surface area contributed by atoms with Gasteiger partial charge < -0.3 is 20.3 Å². The zero-order valence-electron chi connectivity index (χ0n) is 17.4. The topological polar surface area (TPSA) is 146 Å². The number of nitrogens with two attached hydrogens (primary N) is 1. The molecule has 2 aromatic rings. The molecule has 1 aliphatic rings. The van der Waals surface area contributed by atoms with Gasteiger partial charge in [-0.3, -0.25) is 9.05 Å². The number of aliphatic hydroxyl groups excluding tert-OH is 1. The van der Waals surface area contributed by atoms with Crippen LogP contribution in [0.5, 0.6) is 0 Å². The summed E-state index contributed by atoms with van der Waals surface area (Å²) in [6, 6.07) is -0.0370. The molecular weight excluding hydrogens is 409 g/mol. The van der Waals surface area contributed by atoms with Crippen molar-refractivity contribution >= 4 is 24.9 Å². The first kappa shape index (κ1) is 23.1. The maximum absolute atomic E-state index is 12.1. The Bertz CT molecular complexity index is 863. The molecule has 0 bridgehead atoms. The number of nitrogen functional groups attached to an aromatic ring is 1. The van der Waals surface area contributed by atoms with Crippen molar-refractivity contribution in [2.24, 2.45) is 11.8 Å². The van der Waals surface area contributed by atoms with E-state index in [0.29, 0.717) is 17.6 Å². The highest BCUT2D eigenvalue weighted by atomic mass is 31.2. The van der Waals surface area contributed by atoms with Gasteiger partial charge in [0.25, 0.3) is 0 Å². The predicted molar refractivity (Wildman–Crippen MR) is 113 cm³/mol. The van der Waals surface area contributed by atoms with Crippen LogP contribution in [0.25, 0.3) is 11.2 Å². The molecule has 11 heteroatoms. The van der Waals surface area contributed by atoms with Crippen molar-refractivity contribution in [3.05, 3.63) is 12.5 Å². The summed E-state index contributed by atoms with van der Waals surface area (Å²) in [5, 5.41) is 9.83. The van der Waals surface area contributed by atoms with Gasteiger partial charge in [0.1, 0.15) is 5.52 Å². The first-order chi connectivity index (χ1) is 14.4. The molecule has 1 fully saturated rings. The van der Waals surface area contributed by atoms with E-state index in [1.807, 2.05) is 4.57 Å². The van der Waals surface area contributed by atoms with E-state index in [0.717, 1.165) is 19.3 Å². The van der Waals surface area contributed by atoms with E-state index in [-0.39, 0.29) is 43.6 Å². The lowest BCUT2D eigenvalue weighted by Crippen LogP contribution is -2.42. The van der Waals surface area contributed by atoms with Crippen molar-refractivity contribution < 1.29 is 23.6 Å². The van der Waals surface area contributed by atoms with Crippen LogP contribution in [0.1, 0.15) is 57.9 Å². The summed E-state index contributed by atoms with van der Waals surface area (Å²) in [7, 11) is -4.09. The molecule has 0 aromatic carbocycles. The normalized spacial score (nSPS) is 23.4. The second kappa shape index (κ2) is 10.6. The number of aromatic nitrogens is 4. The fourth-order valence-corrected chi connectivity index (χ4v) is 4.75. The van der Waals surface area contributed by atoms with Crippen LogP contribution in [0.2, 0.25) is 0 Å². The second-order valence-electron chi connectivity index (χ2n) is 7.86. The first-order valence-electron chi connectivity index (χ1n) is 10.6. The zero-order valence-corrected chi connectivity index (χ0v) is 18.3. The van der Waals surface area contributed by atoms with Crippen LogP contribution in [0, 0.1) is 11.8 Å². The number of rotatable bonds is 13. The summed E-state index contributed by atoms with van der Waals surface area (Å²) in [5.41, 5.74) is 6.92. The van der Waals surface area contributed by atoms with E-state index in [2.05, 4.69) is 21.9 Å². The third kappa shape index (κ3) is 5.76. The summed E-state index contributed by atoms with van der Waals surface area (Å²) in [5.74, 6) is -0.0420. The van der Waals surface area contributed by atoms with E-state index in [1.54, 1.807) is 12.5 Å². The van der Waals surface area contributed by atoms with Crippen LogP contribution in [-0.4, -0.2) is 49.3 Å².